The third kappa shape index (κ3) is 3.94. The number of amides is 2. The van der Waals surface area contributed by atoms with E-state index in [1.54, 1.807) is 36.4 Å². The van der Waals surface area contributed by atoms with E-state index in [0.717, 1.165) is 10.9 Å². The van der Waals surface area contributed by atoms with Gasteiger partial charge in [0.25, 0.3) is 11.8 Å². The lowest BCUT2D eigenvalue weighted by atomic mass is 9.94. The van der Waals surface area contributed by atoms with Gasteiger partial charge in [-0.2, -0.15) is 0 Å². The van der Waals surface area contributed by atoms with Gasteiger partial charge >= 0.3 is 0 Å². The second-order valence-electron chi connectivity index (χ2n) is 7.77. The molecule has 1 aromatic heterocycles. The first-order valence-electron chi connectivity index (χ1n) is 10.4. The van der Waals surface area contributed by atoms with Gasteiger partial charge in [0.05, 0.1) is 17.7 Å². The first-order chi connectivity index (χ1) is 15.9. The number of carbonyl (C=O) groups is 2. The highest BCUT2D eigenvalue weighted by Crippen LogP contribution is 2.30. The first-order valence-corrected chi connectivity index (χ1v) is 11.9. The average molecular weight is 461 g/mol. The van der Waals surface area contributed by atoms with E-state index < -0.39 is 10.0 Å². The summed E-state index contributed by atoms with van der Waals surface area (Å²) in [5, 5.41) is 1.56. The van der Waals surface area contributed by atoms with Gasteiger partial charge in [-0.1, -0.05) is 36.4 Å². The number of rotatable bonds is 7. The molecule has 8 heteroatoms. The molecular weight excluding hydrogens is 440 g/mol. The molecule has 0 saturated heterocycles. The Morgan fingerprint density at radius 2 is 1.48 bits per heavy atom. The molecule has 1 aliphatic heterocycles. The summed E-state index contributed by atoms with van der Waals surface area (Å²) in [4.78, 5) is 27.4. The first kappa shape index (κ1) is 21.1. The normalized spacial score (nSPS) is 13.6. The maximum Gasteiger partial charge on any atom is 0.261 e. The predicted molar refractivity (Wildman–Crippen MR) is 122 cm³/mol. The number of hydrogen-bond acceptors (Lipinski definition) is 5. The van der Waals surface area contributed by atoms with E-state index in [4.69, 9.17) is 4.42 Å². The summed E-state index contributed by atoms with van der Waals surface area (Å²) in [6.45, 7) is 0.260. The Morgan fingerprint density at radius 3 is 2.09 bits per heavy atom. The Labute approximate surface area is 190 Å². The quantitative estimate of drug-likeness (QED) is 0.424. The minimum absolute atomic E-state index is 0.0600. The zero-order valence-electron chi connectivity index (χ0n) is 17.5. The smallest absolute Gasteiger partial charge is 0.261 e. The Balaban J connectivity index is 1.29. The van der Waals surface area contributed by atoms with Crippen molar-refractivity contribution in [3.05, 3.63) is 102 Å². The van der Waals surface area contributed by atoms with E-state index in [9.17, 15) is 18.0 Å². The summed E-state index contributed by atoms with van der Waals surface area (Å²) in [5.74, 6) is -0.112. The van der Waals surface area contributed by atoms with Gasteiger partial charge in [-0.3, -0.25) is 14.5 Å². The summed E-state index contributed by atoms with van der Waals surface area (Å²) >= 11 is 0. The second-order valence-corrected chi connectivity index (χ2v) is 9.54. The number of carbonyl (C=O) groups excluding carboxylic acids is 2. The SMILES string of the molecule is O=C1c2cccc3cccc(c23)C(=O)N1CCc1ccc(S(=O)(=O)NCc2ccco2)cc1. The molecule has 7 nitrogen and oxygen atoms in total. The number of hydrogen-bond donors (Lipinski definition) is 1. The molecule has 0 aliphatic carbocycles. The predicted octanol–water partition coefficient (Wildman–Crippen LogP) is 3.75. The fourth-order valence-corrected chi connectivity index (χ4v) is 5.02. The van der Waals surface area contributed by atoms with Crippen molar-refractivity contribution in [1.29, 1.82) is 0 Å². The Kier molecular flexibility index (Phi) is 5.32. The monoisotopic (exact) mass is 460 g/mol. The van der Waals surface area contributed by atoms with Gasteiger partial charge < -0.3 is 4.42 Å². The third-order valence-corrected chi connectivity index (χ3v) is 7.15. The maximum absolute atomic E-state index is 13.0. The van der Waals surface area contributed by atoms with Gasteiger partial charge in [0.2, 0.25) is 10.0 Å². The molecule has 0 unspecified atom stereocenters. The van der Waals surface area contributed by atoms with Crippen LogP contribution in [-0.4, -0.2) is 31.7 Å². The van der Waals surface area contributed by atoms with Crippen molar-refractivity contribution in [3.63, 3.8) is 0 Å². The van der Waals surface area contributed by atoms with Crippen LogP contribution in [0.15, 0.2) is 88.4 Å². The number of imide groups is 1. The molecule has 166 valence electrons. The highest BCUT2D eigenvalue weighted by atomic mass is 32.2. The van der Waals surface area contributed by atoms with Crippen molar-refractivity contribution >= 4 is 32.6 Å². The van der Waals surface area contributed by atoms with Gasteiger partial charge in [0, 0.05) is 23.1 Å². The minimum atomic E-state index is -3.69. The lowest BCUT2D eigenvalue weighted by molar-refractivity contribution is 0.0612. The van der Waals surface area contributed by atoms with Crippen LogP contribution >= 0.6 is 0 Å². The van der Waals surface area contributed by atoms with Crippen LogP contribution in [0, 0.1) is 0 Å². The summed E-state index contributed by atoms with van der Waals surface area (Å²) in [7, 11) is -3.69. The van der Waals surface area contributed by atoms with Crippen molar-refractivity contribution in [2.24, 2.45) is 0 Å². The van der Waals surface area contributed by atoms with Crippen molar-refractivity contribution in [1.82, 2.24) is 9.62 Å². The fraction of sp³-hybridized carbons (Fsp3) is 0.120. The second kappa shape index (κ2) is 8.31. The summed E-state index contributed by atoms with van der Waals surface area (Å²) in [6, 6.07) is 20.7. The van der Waals surface area contributed by atoms with E-state index in [1.165, 1.54) is 23.3 Å². The average Bonchev–Trinajstić information content (AvgIpc) is 3.35. The summed E-state index contributed by atoms with van der Waals surface area (Å²) < 4.78 is 32.6. The molecule has 0 bridgehead atoms. The van der Waals surface area contributed by atoms with E-state index in [2.05, 4.69) is 4.72 Å². The summed E-state index contributed by atoms with van der Waals surface area (Å²) in [5.41, 5.74) is 1.86. The van der Waals surface area contributed by atoms with Crippen LogP contribution in [0.2, 0.25) is 0 Å². The molecule has 0 radical (unpaired) electrons. The molecule has 5 rings (SSSR count). The van der Waals surface area contributed by atoms with Crippen LogP contribution in [0.5, 0.6) is 0 Å². The standard InChI is InChI=1S/C25H20N2O5S/c28-24-21-7-1-4-18-5-2-8-22(23(18)21)25(29)27(24)14-13-17-9-11-20(12-10-17)33(30,31)26-16-19-6-3-15-32-19/h1-12,15,26H,13-14,16H2. The number of furan rings is 1. The van der Waals surface area contributed by atoms with E-state index in [-0.39, 0.29) is 29.8 Å². The zero-order valence-corrected chi connectivity index (χ0v) is 18.3. The molecule has 1 N–H and O–H groups in total. The van der Waals surface area contributed by atoms with Crippen LogP contribution in [0.4, 0.5) is 0 Å². The number of nitrogens with one attached hydrogen (secondary N) is 1. The van der Waals surface area contributed by atoms with Crippen molar-refractivity contribution in [3.8, 4) is 0 Å². The molecule has 1 aliphatic rings. The van der Waals surface area contributed by atoms with Crippen LogP contribution in [0.25, 0.3) is 10.8 Å². The topological polar surface area (TPSA) is 96.7 Å². The zero-order chi connectivity index (χ0) is 23.0. The molecular formula is C25H20N2O5S. The van der Waals surface area contributed by atoms with Crippen molar-refractivity contribution in [2.75, 3.05) is 6.54 Å². The maximum atomic E-state index is 13.0. The highest BCUT2D eigenvalue weighted by molar-refractivity contribution is 7.89. The Morgan fingerprint density at radius 1 is 0.818 bits per heavy atom. The number of sulfonamides is 1. The molecule has 0 fully saturated rings. The van der Waals surface area contributed by atoms with Crippen LogP contribution in [-0.2, 0) is 23.0 Å². The molecule has 2 heterocycles. The molecule has 2 amide bonds. The van der Waals surface area contributed by atoms with Crippen molar-refractivity contribution in [2.45, 2.75) is 17.9 Å². The van der Waals surface area contributed by atoms with Gasteiger partial charge in [0.1, 0.15) is 5.76 Å². The van der Waals surface area contributed by atoms with Crippen LogP contribution in [0.1, 0.15) is 32.0 Å². The van der Waals surface area contributed by atoms with E-state index in [0.29, 0.717) is 28.7 Å². The largest absolute Gasteiger partial charge is 0.468 e. The molecule has 33 heavy (non-hydrogen) atoms. The Bertz CT molecular complexity index is 1410. The lowest BCUT2D eigenvalue weighted by Gasteiger charge is -2.27. The summed E-state index contributed by atoms with van der Waals surface area (Å²) in [6.07, 6.45) is 1.89. The molecule has 0 spiro atoms. The van der Waals surface area contributed by atoms with Gasteiger partial charge in [-0.25, -0.2) is 13.1 Å². The van der Waals surface area contributed by atoms with Gasteiger partial charge in [-0.05, 0) is 53.8 Å². The van der Waals surface area contributed by atoms with Gasteiger partial charge in [0.15, 0.2) is 0 Å². The van der Waals surface area contributed by atoms with Gasteiger partial charge in [-0.15, -0.1) is 0 Å². The van der Waals surface area contributed by atoms with Crippen molar-refractivity contribution < 1.29 is 22.4 Å². The number of nitrogens with zero attached hydrogens (tertiary/aromatic N) is 1. The number of benzene rings is 3. The molecule has 4 aromatic rings. The van der Waals surface area contributed by atoms with Crippen LogP contribution in [0.3, 0.4) is 0 Å². The Hall–Kier alpha value is -3.75. The minimum Gasteiger partial charge on any atom is -0.468 e. The third-order valence-electron chi connectivity index (χ3n) is 5.73. The van der Waals surface area contributed by atoms with E-state index in [1.807, 2.05) is 24.3 Å². The lowest BCUT2D eigenvalue weighted by Crippen LogP contribution is -2.41. The molecule has 3 aromatic carbocycles. The van der Waals surface area contributed by atoms with E-state index >= 15 is 0 Å². The molecule has 0 atom stereocenters. The fourth-order valence-electron chi connectivity index (χ4n) is 4.02. The van der Waals surface area contributed by atoms with Crippen LogP contribution < -0.4 is 4.72 Å². The highest BCUT2D eigenvalue weighted by Gasteiger charge is 2.32. The molecule has 0 saturated carbocycles.